The van der Waals surface area contributed by atoms with Crippen LogP contribution in [0, 0.1) is 0 Å². The number of nitrogens with one attached hydrogen (secondary N) is 1. The number of hydrogen-bond acceptors (Lipinski definition) is 6. The molecule has 0 aliphatic carbocycles. The predicted octanol–water partition coefficient (Wildman–Crippen LogP) is 2.36. The number of aryl methyl sites for hydroxylation is 1. The first-order valence-corrected chi connectivity index (χ1v) is 8.84. The van der Waals surface area contributed by atoms with Crippen molar-refractivity contribution in [2.75, 3.05) is 19.8 Å². The van der Waals surface area contributed by atoms with E-state index in [2.05, 4.69) is 21.8 Å². The van der Waals surface area contributed by atoms with Gasteiger partial charge in [-0.2, -0.15) is 0 Å². The fourth-order valence-corrected chi connectivity index (χ4v) is 3.02. The molecule has 0 radical (unpaired) electrons. The molecule has 2 atom stereocenters. The molecule has 1 fully saturated rings. The van der Waals surface area contributed by atoms with Crippen LogP contribution in [-0.2, 0) is 15.9 Å². The van der Waals surface area contributed by atoms with Crippen molar-refractivity contribution in [1.29, 1.82) is 0 Å². The van der Waals surface area contributed by atoms with Crippen molar-refractivity contribution in [2.24, 2.45) is 0 Å². The number of allylic oxidation sites excluding steroid dienone is 1. The molecule has 1 aliphatic heterocycles. The maximum absolute atomic E-state index is 12.5. The Kier molecular flexibility index (Phi) is 7.14. The van der Waals surface area contributed by atoms with Gasteiger partial charge in [0.2, 0.25) is 0 Å². The van der Waals surface area contributed by atoms with Crippen LogP contribution < -0.4 is 5.32 Å². The zero-order valence-corrected chi connectivity index (χ0v) is 14.8. The van der Waals surface area contributed by atoms with Gasteiger partial charge in [0.15, 0.2) is 0 Å². The molecule has 0 aromatic carbocycles. The molecule has 1 aliphatic rings. The third-order valence-corrected chi connectivity index (χ3v) is 4.43. The van der Waals surface area contributed by atoms with Crippen LogP contribution in [0.1, 0.15) is 49.0 Å². The average Bonchev–Trinajstić information content (AvgIpc) is 2.97. The molecule has 2 rings (SSSR count). The van der Waals surface area contributed by atoms with Crippen LogP contribution in [0.15, 0.2) is 11.6 Å². The lowest BCUT2D eigenvalue weighted by Gasteiger charge is -2.31. The summed E-state index contributed by atoms with van der Waals surface area (Å²) >= 11 is 1.14. The van der Waals surface area contributed by atoms with Crippen molar-refractivity contribution in [3.8, 4) is 0 Å². The van der Waals surface area contributed by atoms with E-state index < -0.39 is 0 Å². The van der Waals surface area contributed by atoms with E-state index in [0.29, 0.717) is 24.7 Å². The van der Waals surface area contributed by atoms with Crippen molar-refractivity contribution in [3.05, 3.63) is 22.2 Å². The van der Waals surface area contributed by atoms with Crippen molar-refractivity contribution < 1.29 is 14.3 Å². The number of ether oxygens (including phenoxy) is 2. The number of rotatable bonds is 7. The summed E-state index contributed by atoms with van der Waals surface area (Å²) in [6.45, 7) is 7.83. The van der Waals surface area contributed by atoms with Gasteiger partial charge in [-0.05, 0) is 38.2 Å². The van der Waals surface area contributed by atoms with Gasteiger partial charge in [0.25, 0.3) is 5.91 Å². The summed E-state index contributed by atoms with van der Waals surface area (Å²) in [4.78, 5) is 13.1. The summed E-state index contributed by atoms with van der Waals surface area (Å²) in [5.41, 5.74) is 1.99. The molecule has 128 valence electrons. The Hall–Kier alpha value is -1.31. The Labute approximate surface area is 141 Å². The number of carbonyl (C=O) groups is 1. The van der Waals surface area contributed by atoms with Crippen LogP contribution in [0.2, 0.25) is 0 Å². The van der Waals surface area contributed by atoms with Gasteiger partial charge < -0.3 is 14.8 Å². The van der Waals surface area contributed by atoms with Crippen molar-refractivity contribution >= 4 is 17.4 Å². The van der Waals surface area contributed by atoms with Crippen LogP contribution in [0.3, 0.4) is 0 Å². The highest BCUT2D eigenvalue weighted by Gasteiger charge is 2.29. The maximum atomic E-state index is 12.5. The van der Waals surface area contributed by atoms with E-state index >= 15 is 0 Å². The molecule has 1 amide bonds. The van der Waals surface area contributed by atoms with E-state index in [0.717, 1.165) is 36.5 Å². The van der Waals surface area contributed by atoms with Crippen molar-refractivity contribution in [2.45, 2.75) is 52.2 Å². The van der Waals surface area contributed by atoms with Crippen LogP contribution in [0.25, 0.3) is 0 Å². The second-order valence-corrected chi connectivity index (χ2v) is 6.65. The minimum Gasteiger partial charge on any atom is -0.379 e. The molecule has 23 heavy (non-hydrogen) atoms. The van der Waals surface area contributed by atoms with E-state index in [1.807, 2.05) is 19.9 Å². The summed E-state index contributed by atoms with van der Waals surface area (Å²) in [6, 6.07) is -0.140. The maximum Gasteiger partial charge on any atom is 0.265 e. The van der Waals surface area contributed by atoms with E-state index in [4.69, 9.17) is 9.47 Å². The van der Waals surface area contributed by atoms with Gasteiger partial charge in [-0.3, -0.25) is 4.79 Å². The topological polar surface area (TPSA) is 73.3 Å². The summed E-state index contributed by atoms with van der Waals surface area (Å²) in [5, 5.41) is 7.07. The molecule has 1 N–H and O–H groups in total. The molecule has 1 aromatic heterocycles. The van der Waals surface area contributed by atoms with Gasteiger partial charge >= 0.3 is 0 Å². The molecular formula is C16H25N3O3S. The van der Waals surface area contributed by atoms with E-state index in [1.54, 1.807) is 0 Å². The summed E-state index contributed by atoms with van der Waals surface area (Å²) in [5.74, 6) is -0.130. The van der Waals surface area contributed by atoms with Crippen LogP contribution in [0.5, 0.6) is 0 Å². The molecule has 1 saturated heterocycles. The number of carbonyl (C=O) groups excluding carboxylic acids is 1. The van der Waals surface area contributed by atoms with Crippen molar-refractivity contribution in [3.63, 3.8) is 0 Å². The van der Waals surface area contributed by atoms with Gasteiger partial charge in [-0.15, -0.1) is 5.10 Å². The first-order chi connectivity index (χ1) is 11.1. The summed E-state index contributed by atoms with van der Waals surface area (Å²) in [7, 11) is 0. The second-order valence-electron chi connectivity index (χ2n) is 5.90. The highest BCUT2D eigenvalue weighted by Crippen LogP contribution is 2.16. The fraction of sp³-hybridized carbons (Fsp3) is 0.688. The predicted molar refractivity (Wildman–Crippen MR) is 89.8 cm³/mol. The largest absolute Gasteiger partial charge is 0.379 e. The lowest BCUT2D eigenvalue weighted by Crippen LogP contribution is -2.50. The third-order valence-electron chi connectivity index (χ3n) is 3.66. The third kappa shape index (κ3) is 5.37. The highest BCUT2D eigenvalue weighted by atomic mass is 32.1. The Morgan fingerprint density at radius 1 is 1.52 bits per heavy atom. The average molecular weight is 339 g/mol. The zero-order valence-electron chi connectivity index (χ0n) is 14.0. The van der Waals surface area contributed by atoms with Gasteiger partial charge in [0.1, 0.15) is 4.88 Å². The Morgan fingerprint density at radius 3 is 3.09 bits per heavy atom. The smallest absolute Gasteiger partial charge is 0.265 e. The van der Waals surface area contributed by atoms with Gasteiger partial charge in [0, 0.05) is 6.61 Å². The van der Waals surface area contributed by atoms with Crippen LogP contribution in [0.4, 0.5) is 0 Å². The molecule has 7 heteroatoms. The lowest BCUT2D eigenvalue weighted by atomic mass is 10.1. The van der Waals surface area contributed by atoms with Gasteiger partial charge in [0.05, 0.1) is 31.1 Å². The summed E-state index contributed by atoms with van der Waals surface area (Å²) in [6.07, 6.45) is 4.50. The van der Waals surface area contributed by atoms with Crippen LogP contribution in [-0.4, -0.2) is 47.5 Å². The molecule has 0 saturated carbocycles. The first kappa shape index (κ1) is 18.0. The standard InChI is InChI=1S/C16H25N3O3S/c1-4-5-12-15(23-19-18-12)16(20)17-13-10-21-8-7-14(13)22-9-6-11(2)3/h6,13-14H,4-5,7-10H2,1-3H3,(H,17,20)/t13-,14+/m0/s1. The Balaban J connectivity index is 1.96. The fourth-order valence-electron chi connectivity index (χ4n) is 2.41. The molecule has 2 heterocycles. The van der Waals surface area contributed by atoms with E-state index in [9.17, 15) is 4.79 Å². The van der Waals surface area contributed by atoms with Gasteiger partial charge in [-0.25, -0.2) is 0 Å². The van der Waals surface area contributed by atoms with Crippen molar-refractivity contribution in [1.82, 2.24) is 14.9 Å². The minimum absolute atomic E-state index is 0.0289. The van der Waals surface area contributed by atoms with E-state index in [1.165, 1.54) is 5.57 Å². The second kappa shape index (κ2) is 9.10. The number of nitrogens with zero attached hydrogens (tertiary/aromatic N) is 2. The SMILES string of the molecule is CCCc1nnsc1C(=O)N[C@H]1COCC[C@H]1OCC=C(C)C. The monoisotopic (exact) mass is 339 g/mol. The normalized spacial score (nSPS) is 21.0. The lowest BCUT2D eigenvalue weighted by molar-refractivity contribution is -0.0457. The quantitative estimate of drug-likeness (QED) is 0.772. The first-order valence-electron chi connectivity index (χ1n) is 8.06. The Morgan fingerprint density at radius 2 is 2.35 bits per heavy atom. The van der Waals surface area contributed by atoms with Crippen LogP contribution >= 0.6 is 11.5 Å². The number of amides is 1. The molecule has 1 aromatic rings. The van der Waals surface area contributed by atoms with E-state index in [-0.39, 0.29) is 18.1 Å². The number of hydrogen-bond donors (Lipinski definition) is 1. The minimum atomic E-state index is -0.140. The number of aromatic nitrogens is 2. The Bertz CT molecular complexity index is 540. The molecule has 0 unspecified atom stereocenters. The molecular weight excluding hydrogens is 314 g/mol. The highest BCUT2D eigenvalue weighted by molar-refractivity contribution is 7.08. The molecule has 0 bridgehead atoms. The zero-order chi connectivity index (χ0) is 16.7. The molecule has 6 nitrogen and oxygen atoms in total. The summed E-state index contributed by atoms with van der Waals surface area (Å²) < 4.78 is 15.3. The molecule has 0 spiro atoms. The van der Waals surface area contributed by atoms with Gasteiger partial charge in [-0.1, -0.05) is 29.5 Å².